The molecule has 0 atom stereocenters. The summed E-state index contributed by atoms with van der Waals surface area (Å²) in [5, 5.41) is 2.81. The third-order valence-electron chi connectivity index (χ3n) is 5.56. The van der Waals surface area contributed by atoms with Gasteiger partial charge in [0.05, 0.1) is 25.2 Å². The number of likely N-dealkylation sites (tertiary alicyclic amines) is 1. The van der Waals surface area contributed by atoms with Crippen LogP contribution in [0, 0.1) is 0 Å². The Hall–Kier alpha value is -2.17. The van der Waals surface area contributed by atoms with Gasteiger partial charge >= 0.3 is 0 Å². The average molecular weight is 453 g/mol. The Morgan fingerprint density at radius 3 is 2.32 bits per heavy atom. The molecule has 0 bridgehead atoms. The quantitative estimate of drug-likeness (QED) is 0.549. The second kappa shape index (κ2) is 10.9. The highest BCUT2D eigenvalue weighted by atomic mass is 32.2. The first-order valence-corrected chi connectivity index (χ1v) is 12.6. The van der Waals surface area contributed by atoms with Gasteiger partial charge in [0.15, 0.2) is 0 Å². The van der Waals surface area contributed by atoms with Crippen LogP contribution in [0.3, 0.4) is 0 Å². The van der Waals surface area contributed by atoms with Crippen LogP contribution < -0.4 is 9.62 Å². The van der Waals surface area contributed by atoms with Crippen molar-refractivity contribution in [2.45, 2.75) is 19.3 Å². The van der Waals surface area contributed by atoms with E-state index in [1.54, 1.807) is 29.2 Å². The minimum atomic E-state index is -3.66. The van der Waals surface area contributed by atoms with E-state index in [9.17, 15) is 18.0 Å². The number of hydrogen-bond donors (Lipinski definition) is 1. The lowest BCUT2D eigenvalue weighted by Crippen LogP contribution is -2.41. The summed E-state index contributed by atoms with van der Waals surface area (Å²) in [6, 6.07) is 6.32. The Bertz CT molecular complexity index is 847. The molecule has 0 saturated carbocycles. The zero-order chi connectivity index (χ0) is 22.3. The highest BCUT2D eigenvalue weighted by Gasteiger charge is 2.23. The minimum absolute atomic E-state index is 0.114. The topological polar surface area (TPSA) is 99.3 Å². The van der Waals surface area contributed by atoms with Gasteiger partial charge < -0.3 is 19.9 Å². The Morgan fingerprint density at radius 2 is 1.71 bits per heavy atom. The van der Waals surface area contributed by atoms with Gasteiger partial charge in [0, 0.05) is 25.2 Å². The van der Waals surface area contributed by atoms with E-state index in [2.05, 4.69) is 10.2 Å². The number of rotatable bonds is 9. The van der Waals surface area contributed by atoms with E-state index < -0.39 is 10.0 Å². The molecule has 1 aromatic rings. The Kier molecular flexibility index (Phi) is 8.28. The van der Waals surface area contributed by atoms with Gasteiger partial charge in [0.25, 0.3) is 5.91 Å². The summed E-state index contributed by atoms with van der Waals surface area (Å²) in [4.78, 5) is 29.0. The van der Waals surface area contributed by atoms with Gasteiger partial charge in [0.1, 0.15) is 6.54 Å². The van der Waals surface area contributed by atoms with E-state index in [1.807, 2.05) is 0 Å². The molecule has 2 fully saturated rings. The van der Waals surface area contributed by atoms with Crippen LogP contribution in [0.25, 0.3) is 0 Å². The monoisotopic (exact) mass is 452 g/mol. The van der Waals surface area contributed by atoms with Crippen LogP contribution in [-0.4, -0.2) is 95.3 Å². The van der Waals surface area contributed by atoms with Crippen LogP contribution in [0.15, 0.2) is 24.3 Å². The number of amides is 2. The average Bonchev–Trinajstić information content (AvgIpc) is 3.28. The normalized spacial score (nSPS) is 17.5. The maximum Gasteiger partial charge on any atom is 0.254 e. The fourth-order valence-corrected chi connectivity index (χ4v) is 4.70. The van der Waals surface area contributed by atoms with Crippen molar-refractivity contribution in [3.8, 4) is 0 Å². The third kappa shape index (κ3) is 6.91. The van der Waals surface area contributed by atoms with Crippen LogP contribution >= 0.6 is 0 Å². The summed E-state index contributed by atoms with van der Waals surface area (Å²) in [5.41, 5.74) is 0.832. The van der Waals surface area contributed by atoms with Crippen LogP contribution in [0.4, 0.5) is 5.69 Å². The number of nitrogens with one attached hydrogen (secondary N) is 1. The highest BCUT2D eigenvalue weighted by Crippen LogP contribution is 2.19. The molecule has 0 aliphatic carbocycles. The fraction of sp³-hybridized carbons (Fsp3) is 0.619. The van der Waals surface area contributed by atoms with Gasteiger partial charge in [-0.15, -0.1) is 0 Å². The van der Waals surface area contributed by atoms with E-state index >= 15 is 0 Å². The summed E-state index contributed by atoms with van der Waals surface area (Å²) < 4.78 is 30.9. The lowest BCUT2D eigenvalue weighted by atomic mass is 10.1. The maximum atomic E-state index is 12.6. The second-order valence-corrected chi connectivity index (χ2v) is 9.88. The van der Waals surface area contributed by atoms with Crippen molar-refractivity contribution in [2.75, 3.05) is 69.6 Å². The summed E-state index contributed by atoms with van der Waals surface area (Å²) in [6.45, 7) is 5.48. The maximum absolute atomic E-state index is 12.6. The lowest BCUT2D eigenvalue weighted by Gasteiger charge is -2.27. The molecule has 10 heteroatoms. The molecule has 1 N–H and O–H groups in total. The van der Waals surface area contributed by atoms with Gasteiger partial charge in [-0.1, -0.05) is 0 Å². The Balaban J connectivity index is 1.55. The Labute approximate surface area is 184 Å². The molecule has 0 radical (unpaired) electrons. The molecule has 2 saturated heterocycles. The molecule has 31 heavy (non-hydrogen) atoms. The van der Waals surface area contributed by atoms with Gasteiger partial charge in [-0.25, -0.2) is 8.42 Å². The minimum Gasteiger partial charge on any atom is -0.378 e. The second-order valence-electron chi connectivity index (χ2n) is 7.97. The number of morpholine rings is 1. The van der Waals surface area contributed by atoms with Gasteiger partial charge in [-0.2, -0.15) is 0 Å². The predicted octanol–water partition coefficient (Wildman–Crippen LogP) is 0.527. The molecule has 2 amide bonds. The first kappa shape index (κ1) is 23.5. The number of benzene rings is 1. The van der Waals surface area contributed by atoms with Crippen molar-refractivity contribution in [3.63, 3.8) is 0 Å². The summed E-state index contributed by atoms with van der Waals surface area (Å²) in [5.74, 6) is -0.461. The largest absolute Gasteiger partial charge is 0.378 e. The number of anilines is 1. The summed E-state index contributed by atoms with van der Waals surface area (Å²) >= 11 is 0. The van der Waals surface area contributed by atoms with Gasteiger partial charge in [-0.05, 0) is 63.2 Å². The predicted molar refractivity (Wildman–Crippen MR) is 119 cm³/mol. The first-order valence-electron chi connectivity index (χ1n) is 10.8. The number of nitrogens with zero attached hydrogens (tertiary/aromatic N) is 3. The molecular weight excluding hydrogens is 420 g/mol. The van der Waals surface area contributed by atoms with Crippen molar-refractivity contribution >= 4 is 27.5 Å². The van der Waals surface area contributed by atoms with Crippen molar-refractivity contribution in [2.24, 2.45) is 0 Å². The smallest absolute Gasteiger partial charge is 0.254 e. The van der Waals surface area contributed by atoms with Crippen molar-refractivity contribution in [1.29, 1.82) is 0 Å². The summed E-state index contributed by atoms with van der Waals surface area (Å²) in [7, 11) is -3.66. The van der Waals surface area contributed by atoms with Crippen LogP contribution in [0.1, 0.15) is 29.6 Å². The third-order valence-corrected chi connectivity index (χ3v) is 6.70. The molecule has 0 spiro atoms. The highest BCUT2D eigenvalue weighted by molar-refractivity contribution is 7.92. The van der Waals surface area contributed by atoms with Crippen LogP contribution in [0.2, 0.25) is 0 Å². The number of carbonyl (C=O) groups excluding carboxylic acids is 2. The molecule has 2 aliphatic rings. The van der Waals surface area contributed by atoms with E-state index in [0.717, 1.165) is 36.6 Å². The SMILES string of the molecule is CS(=O)(=O)N(CC(=O)NCCCN1CCCC1)c1ccc(C(=O)N2CCOCC2)cc1. The molecule has 3 rings (SSSR count). The molecule has 9 nitrogen and oxygen atoms in total. The number of hydrogen-bond acceptors (Lipinski definition) is 6. The molecule has 0 aromatic heterocycles. The van der Waals surface area contributed by atoms with E-state index in [0.29, 0.717) is 44.1 Å². The molecule has 2 aliphatic heterocycles. The van der Waals surface area contributed by atoms with Crippen molar-refractivity contribution < 1.29 is 22.7 Å². The molecular formula is C21H32N4O5S. The number of sulfonamides is 1. The van der Waals surface area contributed by atoms with Crippen molar-refractivity contribution in [1.82, 2.24) is 15.1 Å². The van der Waals surface area contributed by atoms with E-state index in [1.165, 1.54) is 12.8 Å². The van der Waals surface area contributed by atoms with Crippen LogP contribution in [-0.2, 0) is 19.6 Å². The molecule has 1 aromatic carbocycles. The molecule has 2 heterocycles. The zero-order valence-corrected chi connectivity index (χ0v) is 18.9. The Morgan fingerprint density at radius 1 is 1.06 bits per heavy atom. The zero-order valence-electron chi connectivity index (χ0n) is 18.1. The first-order chi connectivity index (χ1) is 14.8. The van der Waals surface area contributed by atoms with E-state index in [-0.39, 0.29) is 18.4 Å². The molecule has 0 unspecified atom stereocenters. The summed E-state index contributed by atoms with van der Waals surface area (Å²) in [6.07, 6.45) is 4.36. The standard InChI is InChI=1S/C21H32N4O5S/c1-31(28,29)25(17-20(26)22-9-4-12-23-10-2-3-11-23)19-7-5-18(6-8-19)21(27)24-13-15-30-16-14-24/h5-8H,2-4,9-17H2,1H3,(H,22,26). The number of carbonyl (C=O) groups is 2. The lowest BCUT2D eigenvalue weighted by molar-refractivity contribution is -0.119. The molecule has 172 valence electrons. The van der Waals surface area contributed by atoms with Gasteiger partial charge in [-0.3, -0.25) is 13.9 Å². The van der Waals surface area contributed by atoms with Crippen LogP contribution in [0.5, 0.6) is 0 Å². The number of ether oxygens (including phenoxy) is 1. The van der Waals surface area contributed by atoms with Crippen molar-refractivity contribution in [3.05, 3.63) is 29.8 Å². The fourth-order valence-electron chi connectivity index (χ4n) is 3.84. The van der Waals surface area contributed by atoms with E-state index in [4.69, 9.17) is 4.74 Å². The van der Waals surface area contributed by atoms with Gasteiger partial charge in [0.2, 0.25) is 15.9 Å².